The molecule has 14 nitrogen and oxygen atoms in total. The van der Waals surface area contributed by atoms with E-state index in [0.717, 1.165) is 21.9 Å². The molecule has 15 heteroatoms. The lowest BCUT2D eigenvalue weighted by Gasteiger charge is -2.29. The summed E-state index contributed by atoms with van der Waals surface area (Å²) < 4.78 is 39.3. The number of nitrogens with one attached hydrogen (secondary N) is 3. The topological polar surface area (TPSA) is 190 Å². The summed E-state index contributed by atoms with van der Waals surface area (Å²) in [5.41, 5.74) is 0.0911. The average molecular weight is 748 g/mol. The molecule has 3 N–H and O–H groups in total. The van der Waals surface area contributed by atoms with Gasteiger partial charge < -0.3 is 25.0 Å². The molecule has 2 saturated carbocycles. The number of ether oxygens (including phenoxy) is 2. The van der Waals surface area contributed by atoms with Crippen molar-refractivity contribution >= 4 is 56.5 Å². The van der Waals surface area contributed by atoms with Crippen LogP contribution >= 0.6 is 0 Å². The third-order valence-electron chi connectivity index (χ3n) is 9.91. The molecule has 0 radical (unpaired) electrons. The number of nitrogens with zero attached hydrogens (tertiary/aromatic N) is 2. The molecule has 5 atom stereocenters. The molecule has 2 aromatic rings. The maximum Gasteiger partial charge on any atom is 0.407 e. The van der Waals surface area contributed by atoms with Gasteiger partial charge in [-0.1, -0.05) is 35.9 Å². The van der Waals surface area contributed by atoms with Crippen LogP contribution in [-0.2, 0) is 33.9 Å². The number of cyclic esters (lactones) is 1. The van der Waals surface area contributed by atoms with Crippen LogP contribution in [0.4, 0.5) is 4.79 Å². The fraction of sp³-hybridized carbons (Fsp3) is 0.474. The van der Waals surface area contributed by atoms with Gasteiger partial charge in [0.05, 0.1) is 18.4 Å². The number of aromatic nitrogens is 1. The maximum absolute atomic E-state index is 14.4. The van der Waals surface area contributed by atoms with Crippen molar-refractivity contribution < 1.29 is 41.9 Å². The Balaban J connectivity index is 1.32. The first-order chi connectivity index (χ1) is 25.3. The fourth-order valence-electron chi connectivity index (χ4n) is 6.82. The molecule has 2 aliphatic carbocycles. The highest BCUT2D eigenvalue weighted by Gasteiger charge is 2.62. The van der Waals surface area contributed by atoms with Crippen LogP contribution < -0.4 is 20.1 Å². The minimum Gasteiger partial charge on any atom is -0.472 e. The summed E-state index contributed by atoms with van der Waals surface area (Å²) in [6, 6.07) is 5.24. The molecular formula is C38H45N5O9S. The summed E-state index contributed by atoms with van der Waals surface area (Å²) in [4.78, 5) is 73.5. The number of alkyl carbamates (subject to hydrolysis) is 1. The number of sulfonamides is 1. The Morgan fingerprint density at radius 1 is 1.17 bits per heavy atom. The lowest BCUT2D eigenvalue weighted by molar-refractivity contribution is -0.141. The van der Waals surface area contributed by atoms with Crippen molar-refractivity contribution in [3.8, 4) is 5.88 Å². The highest BCUT2D eigenvalue weighted by molar-refractivity contribution is 7.91. The Kier molecular flexibility index (Phi) is 11.0. The average Bonchev–Trinajstić information content (AvgIpc) is 4.04. The first-order valence-electron chi connectivity index (χ1n) is 17.9. The van der Waals surface area contributed by atoms with Gasteiger partial charge in [0.15, 0.2) is 5.78 Å². The second-order valence-corrected chi connectivity index (χ2v) is 16.3. The number of pyridine rings is 1. The molecule has 1 saturated heterocycles. The molecule has 1 aromatic carbocycles. The number of rotatable bonds is 10. The first-order valence-corrected chi connectivity index (χ1v) is 19.5. The van der Waals surface area contributed by atoms with Gasteiger partial charge in [-0.25, -0.2) is 18.2 Å². The Morgan fingerprint density at radius 3 is 2.68 bits per heavy atom. The van der Waals surface area contributed by atoms with E-state index >= 15 is 0 Å². The largest absolute Gasteiger partial charge is 0.472 e. The lowest BCUT2D eigenvalue weighted by atomic mass is 10.1. The van der Waals surface area contributed by atoms with Crippen LogP contribution in [-0.4, -0.2) is 90.0 Å². The van der Waals surface area contributed by atoms with Crippen molar-refractivity contribution in [1.82, 2.24) is 25.2 Å². The lowest BCUT2D eigenvalue weighted by Crippen LogP contribution is -2.58. The highest BCUT2D eigenvalue weighted by atomic mass is 32.2. The number of carbonyl (C=O) groups excluding carboxylic acids is 5. The van der Waals surface area contributed by atoms with E-state index in [0.29, 0.717) is 31.6 Å². The maximum atomic E-state index is 14.4. The first kappa shape index (κ1) is 37.7. The Bertz CT molecular complexity index is 1990. The number of allylic oxidation sites excluding steroid dienone is 3. The Hall–Kier alpha value is -5.05. The van der Waals surface area contributed by atoms with Crippen LogP contribution in [0.15, 0.2) is 60.8 Å². The van der Waals surface area contributed by atoms with Crippen LogP contribution in [0, 0.1) is 5.92 Å². The quantitative estimate of drug-likeness (QED) is 0.240. The van der Waals surface area contributed by atoms with Gasteiger partial charge in [0, 0.05) is 30.3 Å². The molecule has 0 spiro atoms. The SMILES string of the molecule is C=C[C@@H]1C[C@]1(NC(=O)[C@@H]1CC2CN1C(=O)[C@H](CCC(=O)C=C(C)C)NC(=O)OCCC/C=C/c1ccc3ccnc(c3c1)O2)C(=O)NS(=O)(=O)C1CC1. The zero-order valence-electron chi connectivity index (χ0n) is 29.8. The number of hydrogen-bond donors (Lipinski definition) is 3. The van der Waals surface area contributed by atoms with Crippen molar-refractivity contribution in [2.24, 2.45) is 5.92 Å². The molecule has 3 fully saturated rings. The second-order valence-electron chi connectivity index (χ2n) is 14.4. The van der Waals surface area contributed by atoms with E-state index in [2.05, 4.69) is 26.9 Å². The van der Waals surface area contributed by atoms with Crippen molar-refractivity contribution in [3.63, 3.8) is 0 Å². The van der Waals surface area contributed by atoms with E-state index in [1.807, 2.05) is 36.4 Å². The van der Waals surface area contributed by atoms with Gasteiger partial charge in [-0.15, -0.1) is 6.58 Å². The molecule has 6 rings (SSSR count). The number of amides is 4. The van der Waals surface area contributed by atoms with Crippen molar-refractivity contribution in [2.45, 2.75) is 94.2 Å². The van der Waals surface area contributed by atoms with Gasteiger partial charge in [0.2, 0.25) is 27.7 Å². The van der Waals surface area contributed by atoms with E-state index in [9.17, 15) is 32.4 Å². The third kappa shape index (κ3) is 8.78. The number of carbonyl (C=O) groups is 5. The molecule has 4 aliphatic rings. The predicted octanol–water partition coefficient (Wildman–Crippen LogP) is 3.47. The van der Waals surface area contributed by atoms with Crippen LogP contribution in [0.3, 0.4) is 0 Å². The highest BCUT2D eigenvalue weighted by Crippen LogP contribution is 2.45. The van der Waals surface area contributed by atoms with Crippen molar-refractivity contribution in [3.05, 3.63) is 66.4 Å². The zero-order valence-corrected chi connectivity index (χ0v) is 30.7. The molecule has 1 aromatic heterocycles. The van der Waals surface area contributed by atoms with E-state index in [1.54, 1.807) is 20.0 Å². The molecule has 53 heavy (non-hydrogen) atoms. The number of hydrogen-bond acceptors (Lipinski definition) is 10. The molecule has 1 unspecified atom stereocenters. The smallest absolute Gasteiger partial charge is 0.407 e. The van der Waals surface area contributed by atoms with Gasteiger partial charge in [-0.05, 0) is 81.5 Å². The zero-order chi connectivity index (χ0) is 37.9. The van der Waals surface area contributed by atoms with Crippen LogP contribution in [0.5, 0.6) is 5.88 Å². The normalized spacial score (nSPS) is 26.6. The standard InChI is InChI=1S/C38H45N5O9S/c1-4-26-21-38(26,36(47)42-53(49,50)29-12-13-29)41-33(45)32-20-28-22-43(32)35(46)31(14-11-27(44)18-23(2)3)40-37(48)51-17-7-5-6-8-24-9-10-25-15-16-39-34(52-28)30(25)19-24/h4,6,8-10,15-16,18-19,26,28-29,31-32H,1,5,7,11-14,17,20-22H2,2-3H3,(H,40,48)(H,41,45)(H,42,47)/b8-6+/t26-,28?,31+,32+,38-/m1/s1. The number of benzene rings is 1. The van der Waals surface area contributed by atoms with Gasteiger partial charge in [0.25, 0.3) is 5.91 Å². The predicted molar refractivity (Wildman–Crippen MR) is 196 cm³/mol. The molecular weight excluding hydrogens is 703 g/mol. The molecule has 4 bridgehead atoms. The van der Waals surface area contributed by atoms with Gasteiger partial charge in [-0.3, -0.25) is 23.9 Å². The van der Waals surface area contributed by atoms with Crippen LogP contribution in [0.2, 0.25) is 0 Å². The summed E-state index contributed by atoms with van der Waals surface area (Å²) in [5, 5.41) is 6.31. The number of ketones is 1. The summed E-state index contributed by atoms with van der Waals surface area (Å²) in [7, 11) is -3.92. The minimum absolute atomic E-state index is 0.0140. The van der Waals surface area contributed by atoms with Gasteiger partial charge >= 0.3 is 6.09 Å². The van der Waals surface area contributed by atoms with E-state index in [4.69, 9.17) is 9.47 Å². The van der Waals surface area contributed by atoms with Crippen molar-refractivity contribution in [1.29, 1.82) is 0 Å². The molecule has 3 heterocycles. The van der Waals surface area contributed by atoms with Crippen LogP contribution in [0.25, 0.3) is 16.8 Å². The fourth-order valence-corrected chi connectivity index (χ4v) is 8.18. The van der Waals surface area contributed by atoms with Gasteiger partial charge in [0.1, 0.15) is 23.7 Å². The summed E-state index contributed by atoms with van der Waals surface area (Å²) in [6.45, 7) is 7.29. The molecule has 282 valence electrons. The van der Waals surface area contributed by atoms with E-state index < -0.39 is 68.7 Å². The molecule has 4 amide bonds. The molecule has 2 aliphatic heterocycles. The summed E-state index contributed by atoms with van der Waals surface area (Å²) >= 11 is 0. The minimum atomic E-state index is -3.92. The van der Waals surface area contributed by atoms with E-state index in [-0.39, 0.29) is 44.6 Å². The Labute approximate surface area is 308 Å². The third-order valence-corrected chi connectivity index (χ3v) is 11.7. The van der Waals surface area contributed by atoms with Gasteiger partial charge in [-0.2, -0.15) is 0 Å². The Morgan fingerprint density at radius 2 is 1.96 bits per heavy atom. The van der Waals surface area contributed by atoms with Crippen molar-refractivity contribution in [2.75, 3.05) is 13.2 Å². The number of fused-ring (bicyclic) bond motifs is 3. The second kappa shape index (κ2) is 15.5. The van der Waals surface area contributed by atoms with E-state index in [1.165, 1.54) is 17.1 Å². The summed E-state index contributed by atoms with van der Waals surface area (Å²) in [6.07, 6.45) is 8.84. The monoisotopic (exact) mass is 747 g/mol. The van der Waals surface area contributed by atoms with Crippen LogP contribution in [0.1, 0.15) is 70.8 Å². The summed E-state index contributed by atoms with van der Waals surface area (Å²) in [5.74, 6) is -2.71.